The van der Waals surface area contributed by atoms with E-state index in [1.807, 2.05) is 0 Å². The van der Waals surface area contributed by atoms with Crippen LogP contribution in [0, 0.1) is 5.82 Å². The Kier molecular flexibility index (Phi) is 4.80. The monoisotopic (exact) mass is 276 g/mol. The van der Waals surface area contributed by atoms with Crippen molar-refractivity contribution >= 4 is 15.8 Å². The van der Waals surface area contributed by atoms with E-state index in [1.54, 1.807) is 0 Å². The number of aromatic carboxylic acids is 1. The van der Waals surface area contributed by atoms with E-state index in [0.29, 0.717) is 0 Å². The highest BCUT2D eigenvalue weighted by Crippen LogP contribution is 2.18. The molecular formula is C11H13FO5S. The smallest absolute Gasteiger partial charge is 0.335 e. The number of carboxylic acids is 1. The van der Waals surface area contributed by atoms with Gasteiger partial charge in [-0.15, -0.1) is 0 Å². The largest absolute Gasteiger partial charge is 0.478 e. The second-order valence-corrected chi connectivity index (χ2v) is 5.69. The zero-order valence-electron chi connectivity index (χ0n) is 9.72. The summed E-state index contributed by atoms with van der Waals surface area (Å²) in [7, 11) is -2.41. The quantitative estimate of drug-likeness (QED) is 0.793. The lowest BCUT2D eigenvalue weighted by atomic mass is 10.2. The van der Waals surface area contributed by atoms with Crippen LogP contribution in [0.4, 0.5) is 4.39 Å². The zero-order chi connectivity index (χ0) is 13.8. The first-order valence-electron chi connectivity index (χ1n) is 5.13. The molecule has 1 aromatic rings. The highest BCUT2D eigenvalue weighted by molar-refractivity contribution is 7.91. The van der Waals surface area contributed by atoms with Crippen molar-refractivity contribution in [2.75, 3.05) is 19.5 Å². The van der Waals surface area contributed by atoms with Gasteiger partial charge in [0.15, 0.2) is 9.84 Å². The van der Waals surface area contributed by atoms with Crippen LogP contribution in [0.2, 0.25) is 0 Å². The highest BCUT2D eigenvalue weighted by Gasteiger charge is 2.20. The maximum absolute atomic E-state index is 13.4. The van der Waals surface area contributed by atoms with Crippen LogP contribution in [-0.4, -0.2) is 39.0 Å². The molecule has 0 saturated carbocycles. The number of methoxy groups -OCH3 is 1. The number of rotatable bonds is 6. The SMILES string of the molecule is COCCCS(=O)(=O)c1cc(C(=O)O)ccc1F. The molecule has 0 fully saturated rings. The fourth-order valence-electron chi connectivity index (χ4n) is 1.38. The molecule has 0 aliphatic carbocycles. The molecule has 1 N–H and O–H groups in total. The first-order valence-corrected chi connectivity index (χ1v) is 6.78. The van der Waals surface area contributed by atoms with Crippen LogP contribution in [0.3, 0.4) is 0 Å². The maximum atomic E-state index is 13.4. The topological polar surface area (TPSA) is 80.7 Å². The molecule has 1 rings (SSSR count). The molecule has 18 heavy (non-hydrogen) atoms. The molecule has 0 aliphatic heterocycles. The summed E-state index contributed by atoms with van der Waals surface area (Å²) in [6, 6.07) is 2.69. The van der Waals surface area contributed by atoms with Crippen LogP contribution in [0.25, 0.3) is 0 Å². The highest BCUT2D eigenvalue weighted by atomic mass is 32.2. The number of halogens is 1. The van der Waals surface area contributed by atoms with Gasteiger partial charge in [-0.25, -0.2) is 17.6 Å². The third kappa shape index (κ3) is 3.51. The fourth-order valence-corrected chi connectivity index (χ4v) is 2.77. The van der Waals surface area contributed by atoms with Gasteiger partial charge in [0.25, 0.3) is 0 Å². The van der Waals surface area contributed by atoms with Crippen LogP contribution < -0.4 is 0 Å². The fraction of sp³-hybridized carbons (Fsp3) is 0.364. The molecule has 0 radical (unpaired) electrons. The van der Waals surface area contributed by atoms with Gasteiger partial charge in [-0.05, 0) is 24.6 Å². The van der Waals surface area contributed by atoms with Crippen molar-refractivity contribution in [2.24, 2.45) is 0 Å². The minimum atomic E-state index is -3.84. The van der Waals surface area contributed by atoms with Gasteiger partial charge in [0.1, 0.15) is 10.7 Å². The van der Waals surface area contributed by atoms with E-state index in [0.717, 1.165) is 18.2 Å². The average molecular weight is 276 g/mol. The number of sulfone groups is 1. The van der Waals surface area contributed by atoms with Crippen molar-refractivity contribution in [3.63, 3.8) is 0 Å². The van der Waals surface area contributed by atoms with Crippen molar-refractivity contribution in [2.45, 2.75) is 11.3 Å². The minimum absolute atomic E-state index is 0.218. The zero-order valence-corrected chi connectivity index (χ0v) is 10.5. The van der Waals surface area contributed by atoms with Crippen LogP contribution in [-0.2, 0) is 14.6 Å². The van der Waals surface area contributed by atoms with Crippen LogP contribution >= 0.6 is 0 Å². The Bertz CT molecular complexity index is 538. The van der Waals surface area contributed by atoms with Gasteiger partial charge in [0, 0.05) is 13.7 Å². The lowest BCUT2D eigenvalue weighted by molar-refractivity contribution is 0.0696. The molecule has 0 heterocycles. The van der Waals surface area contributed by atoms with Crippen LogP contribution in [0.15, 0.2) is 23.1 Å². The molecule has 0 aromatic heterocycles. The summed E-state index contributed by atoms with van der Waals surface area (Å²) in [6.45, 7) is 0.236. The van der Waals surface area contributed by atoms with Crippen molar-refractivity contribution in [1.82, 2.24) is 0 Å². The molecule has 0 atom stereocenters. The Morgan fingerprint density at radius 3 is 2.67 bits per heavy atom. The van der Waals surface area contributed by atoms with E-state index in [4.69, 9.17) is 9.84 Å². The molecule has 100 valence electrons. The maximum Gasteiger partial charge on any atom is 0.335 e. The summed E-state index contributed by atoms with van der Waals surface area (Å²) >= 11 is 0. The number of carboxylic acid groups (broad SMARTS) is 1. The van der Waals surface area contributed by atoms with E-state index in [2.05, 4.69) is 0 Å². The van der Waals surface area contributed by atoms with Crippen molar-refractivity contribution in [3.8, 4) is 0 Å². The molecule has 7 heteroatoms. The van der Waals surface area contributed by atoms with Gasteiger partial charge < -0.3 is 9.84 Å². The van der Waals surface area contributed by atoms with Crippen molar-refractivity contribution in [1.29, 1.82) is 0 Å². The summed E-state index contributed by atoms with van der Waals surface area (Å²) in [5.74, 6) is -2.54. The Labute approximate surface area is 104 Å². The van der Waals surface area contributed by atoms with Crippen LogP contribution in [0.1, 0.15) is 16.8 Å². The van der Waals surface area contributed by atoms with E-state index in [9.17, 15) is 17.6 Å². The summed E-state index contributed by atoms with van der Waals surface area (Å²) in [5, 5.41) is 8.74. The molecule has 0 amide bonds. The molecule has 0 saturated heterocycles. The third-order valence-corrected chi connectivity index (χ3v) is 4.08. The molecule has 5 nitrogen and oxygen atoms in total. The van der Waals surface area contributed by atoms with E-state index >= 15 is 0 Å². The summed E-state index contributed by atoms with van der Waals surface area (Å²) < 4.78 is 41.8. The Morgan fingerprint density at radius 2 is 2.11 bits per heavy atom. The summed E-state index contributed by atoms with van der Waals surface area (Å²) in [4.78, 5) is 10.1. The molecule has 0 unspecified atom stereocenters. The van der Waals surface area contributed by atoms with E-state index < -0.39 is 26.5 Å². The van der Waals surface area contributed by atoms with Gasteiger partial charge >= 0.3 is 5.97 Å². The minimum Gasteiger partial charge on any atom is -0.478 e. The first kappa shape index (κ1) is 14.6. The van der Waals surface area contributed by atoms with Gasteiger partial charge in [0.2, 0.25) is 0 Å². The molecular weight excluding hydrogens is 263 g/mol. The van der Waals surface area contributed by atoms with Crippen molar-refractivity contribution < 1.29 is 27.4 Å². The standard InChI is InChI=1S/C11H13FO5S/c1-17-5-2-6-18(15,16)10-7-8(11(13)14)3-4-9(10)12/h3-4,7H,2,5-6H2,1H3,(H,13,14). The number of ether oxygens (including phenoxy) is 1. The van der Waals surface area contributed by atoms with Gasteiger partial charge in [-0.2, -0.15) is 0 Å². The molecule has 1 aromatic carbocycles. The Hall–Kier alpha value is -1.47. The molecule has 0 bridgehead atoms. The second kappa shape index (κ2) is 5.92. The van der Waals surface area contributed by atoms with Gasteiger partial charge in [0.05, 0.1) is 11.3 Å². The van der Waals surface area contributed by atoms with E-state index in [1.165, 1.54) is 7.11 Å². The Morgan fingerprint density at radius 1 is 1.44 bits per heavy atom. The average Bonchev–Trinajstić information content (AvgIpc) is 2.29. The third-order valence-electron chi connectivity index (χ3n) is 2.27. The normalized spacial score (nSPS) is 11.4. The lowest BCUT2D eigenvalue weighted by Gasteiger charge is -2.06. The number of carbonyl (C=O) groups is 1. The van der Waals surface area contributed by atoms with Gasteiger partial charge in [-0.3, -0.25) is 0 Å². The summed E-state index contributed by atoms with van der Waals surface area (Å²) in [5.41, 5.74) is -0.262. The van der Waals surface area contributed by atoms with Crippen molar-refractivity contribution in [3.05, 3.63) is 29.6 Å². The number of benzene rings is 1. The lowest BCUT2D eigenvalue weighted by Crippen LogP contribution is -2.12. The molecule has 0 aliphatic rings. The predicted molar refractivity (Wildman–Crippen MR) is 61.9 cm³/mol. The number of hydrogen-bond donors (Lipinski definition) is 1. The van der Waals surface area contributed by atoms with Gasteiger partial charge in [-0.1, -0.05) is 0 Å². The summed E-state index contributed by atoms with van der Waals surface area (Å²) in [6.07, 6.45) is 0.218. The predicted octanol–water partition coefficient (Wildman–Crippen LogP) is 1.33. The second-order valence-electron chi connectivity index (χ2n) is 3.62. The molecule has 0 spiro atoms. The first-order chi connectivity index (χ1) is 8.38. The Balaban J connectivity index is 3.07. The van der Waals surface area contributed by atoms with E-state index in [-0.39, 0.29) is 24.3 Å². The number of hydrogen-bond acceptors (Lipinski definition) is 4. The van der Waals surface area contributed by atoms with Crippen LogP contribution in [0.5, 0.6) is 0 Å².